The number of carbonyl (C=O) groups is 4. The van der Waals surface area contributed by atoms with Gasteiger partial charge < -0.3 is 32.5 Å². The van der Waals surface area contributed by atoms with E-state index >= 15 is 0 Å². The molecule has 0 fully saturated rings. The molecule has 0 saturated heterocycles. The van der Waals surface area contributed by atoms with Gasteiger partial charge in [-0.25, -0.2) is 4.79 Å². The first kappa shape index (κ1) is 30.1. The first-order valence-corrected chi connectivity index (χ1v) is 11.8. The predicted octanol–water partition coefficient (Wildman–Crippen LogP) is 0.00370. The van der Waals surface area contributed by atoms with Gasteiger partial charge in [-0.05, 0) is 44.1 Å². The molecule has 0 radical (unpaired) electrons. The highest BCUT2D eigenvalue weighted by atomic mass is 32.1. The van der Waals surface area contributed by atoms with Crippen LogP contribution < -0.4 is 27.4 Å². The Labute approximate surface area is 196 Å². The third kappa shape index (κ3) is 12.3. The second-order valence-corrected chi connectivity index (χ2v) is 9.22. The molecule has 0 aromatic carbocycles. The van der Waals surface area contributed by atoms with E-state index in [-0.39, 0.29) is 17.6 Å². The number of amides is 3. The van der Waals surface area contributed by atoms with Crippen molar-refractivity contribution in [2.45, 2.75) is 84.0 Å². The molecule has 4 atom stereocenters. The normalized spacial score (nSPS) is 15.0. The van der Waals surface area contributed by atoms with Crippen molar-refractivity contribution in [2.24, 2.45) is 23.3 Å². The number of hydrogen-bond donors (Lipinski definition) is 7. The summed E-state index contributed by atoms with van der Waals surface area (Å²) in [7, 11) is 0. The Morgan fingerprint density at radius 2 is 1.25 bits per heavy atom. The number of carbonyl (C=O) groups excluding carboxylic acids is 3. The van der Waals surface area contributed by atoms with Crippen LogP contribution in [0, 0.1) is 11.8 Å². The molecule has 0 saturated carbocycles. The number of thiol groups is 1. The summed E-state index contributed by atoms with van der Waals surface area (Å²) in [5, 5.41) is 16.9. The summed E-state index contributed by atoms with van der Waals surface area (Å²) in [4.78, 5) is 49.4. The highest BCUT2D eigenvalue weighted by molar-refractivity contribution is 7.80. The van der Waals surface area contributed by atoms with Crippen molar-refractivity contribution in [3.63, 3.8) is 0 Å². The van der Waals surface area contributed by atoms with Gasteiger partial charge in [0, 0.05) is 5.75 Å². The van der Waals surface area contributed by atoms with Crippen molar-refractivity contribution in [1.29, 1.82) is 0 Å². The van der Waals surface area contributed by atoms with Crippen LogP contribution in [0.5, 0.6) is 0 Å². The van der Waals surface area contributed by atoms with Crippen molar-refractivity contribution in [3.8, 4) is 0 Å². The maximum Gasteiger partial charge on any atom is 0.327 e. The van der Waals surface area contributed by atoms with Crippen LogP contribution in [0.1, 0.15) is 59.8 Å². The standard InChI is InChI=1S/C21H41N5O5S/c1-12(2)9-15(24-18(27)14(23)7-5-6-8-22)19(28)25-16(10-13(3)4)20(29)26-17(11-32)21(30)31/h12-17,32H,5-11,22-23H2,1-4H3,(H,24,27)(H,25,28)(H,26,29)(H,30,31). The average Bonchev–Trinajstić information content (AvgIpc) is 2.69. The van der Waals surface area contributed by atoms with Gasteiger partial charge in [0.1, 0.15) is 18.1 Å². The molecule has 0 aromatic rings. The van der Waals surface area contributed by atoms with E-state index in [0.717, 1.165) is 6.42 Å². The third-order valence-electron chi connectivity index (χ3n) is 4.78. The fraction of sp³-hybridized carbons (Fsp3) is 0.810. The van der Waals surface area contributed by atoms with E-state index in [2.05, 4.69) is 28.6 Å². The molecule has 0 aliphatic carbocycles. The smallest absolute Gasteiger partial charge is 0.327 e. The maximum absolute atomic E-state index is 13.0. The van der Waals surface area contributed by atoms with Gasteiger partial charge in [-0.2, -0.15) is 12.6 Å². The Bertz CT molecular complexity index is 617. The highest BCUT2D eigenvalue weighted by Gasteiger charge is 2.30. The van der Waals surface area contributed by atoms with E-state index in [1.807, 2.05) is 27.7 Å². The van der Waals surface area contributed by atoms with Gasteiger partial charge in [0.15, 0.2) is 0 Å². The Kier molecular flexibility index (Phi) is 15.0. The maximum atomic E-state index is 13.0. The van der Waals surface area contributed by atoms with Crippen LogP contribution in [0.2, 0.25) is 0 Å². The van der Waals surface area contributed by atoms with Crippen molar-refractivity contribution in [1.82, 2.24) is 16.0 Å². The SMILES string of the molecule is CC(C)CC(NC(=O)C(N)CCCCN)C(=O)NC(CC(C)C)C(=O)NC(CS)C(=O)O. The van der Waals surface area contributed by atoms with Crippen LogP contribution in [-0.2, 0) is 19.2 Å². The quantitative estimate of drug-likeness (QED) is 0.121. The number of aliphatic carboxylic acids is 1. The predicted molar refractivity (Wildman–Crippen MR) is 127 cm³/mol. The van der Waals surface area contributed by atoms with Crippen LogP contribution in [0.3, 0.4) is 0 Å². The summed E-state index contributed by atoms with van der Waals surface area (Å²) >= 11 is 3.95. The summed E-state index contributed by atoms with van der Waals surface area (Å²) in [6, 6.07) is -3.75. The summed E-state index contributed by atoms with van der Waals surface area (Å²) in [6.07, 6.45) is 2.58. The lowest BCUT2D eigenvalue weighted by molar-refractivity contribution is -0.141. The van der Waals surface area contributed by atoms with E-state index in [9.17, 15) is 19.2 Å². The molecule has 8 N–H and O–H groups in total. The molecule has 0 spiro atoms. The van der Waals surface area contributed by atoms with Crippen molar-refractivity contribution < 1.29 is 24.3 Å². The Balaban J connectivity index is 5.33. The van der Waals surface area contributed by atoms with E-state index in [0.29, 0.717) is 32.2 Å². The van der Waals surface area contributed by atoms with Gasteiger partial charge in [0.2, 0.25) is 17.7 Å². The van der Waals surface area contributed by atoms with Gasteiger partial charge in [-0.3, -0.25) is 14.4 Å². The number of nitrogens with one attached hydrogen (secondary N) is 3. The molecule has 11 heteroatoms. The highest BCUT2D eigenvalue weighted by Crippen LogP contribution is 2.10. The summed E-state index contributed by atoms with van der Waals surface area (Å²) in [5.41, 5.74) is 11.4. The van der Waals surface area contributed by atoms with Crippen LogP contribution in [0.15, 0.2) is 0 Å². The number of rotatable bonds is 16. The van der Waals surface area contributed by atoms with Crippen LogP contribution in [-0.4, -0.2) is 65.3 Å². The Hall–Kier alpha value is -1.85. The van der Waals surface area contributed by atoms with Crippen molar-refractivity contribution in [2.75, 3.05) is 12.3 Å². The zero-order valence-electron chi connectivity index (χ0n) is 19.6. The molecule has 10 nitrogen and oxygen atoms in total. The molecular formula is C21H41N5O5S. The topological polar surface area (TPSA) is 177 Å². The second-order valence-electron chi connectivity index (χ2n) is 8.85. The minimum atomic E-state index is -1.21. The van der Waals surface area contributed by atoms with Gasteiger partial charge >= 0.3 is 5.97 Å². The van der Waals surface area contributed by atoms with Crippen molar-refractivity contribution >= 4 is 36.3 Å². The number of hydrogen-bond acceptors (Lipinski definition) is 7. The average molecular weight is 476 g/mol. The van der Waals surface area contributed by atoms with Gasteiger partial charge in [-0.1, -0.05) is 34.1 Å². The number of carboxylic acids is 1. The molecule has 4 unspecified atom stereocenters. The minimum Gasteiger partial charge on any atom is -0.480 e. The summed E-state index contributed by atoms with van der Waals surface area (Å²) in [6.45, 7) is 8.11. The number of unbranched alkanes of at least 4 members (excludes halogenated alkanes) is 1. The van der Waals surface area contributed by atoms with Crippen LogP contribution in [0.25, 0.3) is 0 Å². The molecule has 0 rings (SSSR count). The second kappa shape index (κ2) is 15.9. The fourth-order valence-corrected chi connectivity index (χ4v) is 3.30. The van der Waals surface area contributed by atoms with E-state index in [4.69, 9.17) is 16.6 Å². The van der Waals surface area contributed by atoms with E-state index < -0.39 is 47.9 Å². The molecule has 0 aliphatic heterocycles. The van der Waals surface area contributed by atoms with Crippen LogP contribution in [0.4, 0.5) is 0 Å². The third-order valence-corrected chi connectivity index (χ3v) is 5.15. The van der Waals surface area contributed by atoms with Gasteiger partial charge in [0.05, 0.1) is 6.04 Å². The lowest BCUT2D eigenvalue weighted by atomic mass is 9.99. The lowest BCUT2D eigenvalue weighted by Crippen LogP contribution is -2.57. The first-order chi connectivity index (χ1) is 14.9. The molecule has 0 aliphatic rings. The minimum absolute atomic E-state index is 0.0550. The zero-order chi connectivity index (χ0) is 24.8. The molecule has 186 valence electrons. The molecule has 0 aromatic heterocycles. The molecule has 0 heterocycles. The number of carboxylic acid groups (broad SMARTS) is 1. The van der Waals surface area contributed by atoms with Crippen LogP contribution >= 0.6 is 12.6 Å². The molecule has 0 bridgehead atoms. The zero-order valence-corrected chi connectivity index (χ0v) is 20.5. The molecular weight excluding hydrogens is 434 g/mol. The number of nitrogens with two attached hydrogens (primary N) is 2. The van der Waals surface area contributed by atoms with Crippen molar-refractivity contribution in [3.05, 3.63) is 0 Å². The molecule has 32 heavy (non-hydrogen) atoms. The summed E-state index contributed by atoms with van der Waals surface area (Å²) < 4.78 is 0. The monoisotopic (exact) mass is 475 g/mol. The first-order valence-electron chi connectivity index (χ1n) is 11.1. The van der Waals surface area contributed by atoms with Gasteiger partial charge in [0.25, 0.3) is 0 Å². The Morgan fingerprint density at radius 1 is 0.812 bits per heavy atom. The largest absolute Gasteiger partial charge is 0.480 e. The van der Waals surface area contributed by atoms with E-state index in [1.54, 1.807) is 0 Å². The Morgan fingerprint density at radius 3 is 1.62 bits per heavy atom. The lowest BCUT2D eigenvalue weighted by Gasteiger charge is -2.26. The fourth-order valence-electron chi connectivity index (χ4n) is 3.05. The molecule has 3 amide bonds. The summed E-state index contributed by atoms with van der Waals surface area (Å²) in [5.74, 6) is -2.71. The van der Waals surface area contributed by atoms with E-state index in [1.165, 1.54) is 0 Å². The van der Waals surface area contributed by atoms with Gasteiger partial charge in [-0.15, -0.1) is 0 Å².